The van der Waals surface area contributed by atoms with Gasteiger partial charge in [0.1, 0.15) is 11.6 Å². The van der Waals surface area contributed by atoms with Crippen molar-refractivity contribution in [3.63, 3.8) is 0 Å². The normalized spacial score (nSPS) is 10.7. The summed E-state index contributed by atoms with van der Waals surface area (Å²) >= 11 is 3.01. The molecule has 4 heteroatoms. The maximum atomic E-state index is 13.1. The van der Waals surface area contributed by atoms with Gasteiger partial charge in [0, 0.05) is 17.6 Å². The van der Waals surface area contributed by atoms with E-state index in [1.54, 1.807) is 12.1 Å². The summed E-state index contributed by atoms with van der Waals surface area (Å²) in [6.45, 7) is 0. The minimum atomic E-state index is -0.635. The van der Waals surface area contributed by atoms with Gasteiger partial charge < -0.3 is 0 Å². The Morgan fingerprint density at radius 1 is 1.23 bits per heavy atom. The predicted molar refractivity (Wildman–Crippen MR) is 49.4 cm³/mol. The summed E-state index contributed by atoms with van der Waals surface area (Å²) in [4.78, 5) is 3.88. The Morgan fingerprint density at radius 3 is 2.77 bits per heavy atom. The third-order valence-electron chi connectivity index (χ3n) is 1.74. The number of fused-ring (bicyclic) bond motifs is 1. The van der Waals surface area contributed by atoms with Crippen molar-refractivity contribution in [3.8, 4) is 0 Å². The van der Waals surface area contributed by atoms with Crippen molar-refractivity contribution in [1.29, 1.82) is 0 Å². The minimum Gasteiger partial charge on any atom is -0.255 e. The van der Waals surface area contributed by atoms with E-state index in [1.165, 1.54) is 6.20 Å². The largest absolute Gasteiger partial charge is 0.255 e. The van der Waals surface area contributed by atoms with E-state index in [4.69, 9.17) is 0 Å². The van der Waals surface area contributed by atoms with Crippen LogP contribution in [0.5, 0.6) is 0 Å². The molecule has 2 rings (SSSR count). The molecule has 66 valence electrons. The predicted octanol–water partition coefficient (Wildman–Crippen LogP) is 3.28. The topological polar surface area (TPSA) is 12.9 Å². The molecule has 1 nitrogen and oxygen atoms in total. The van der Waals surface area contributed by atoms with Crippen LogP contribution in [0.25, 0.3) is 10.9 Å². The lowest BCUT2D eigenvalue weighted by Gasteiger charge is -2.01. The average molecular weight is 244 g/mol. The molecule has 0 saturated heterocycles. The van der Waals surface area contributed by atoms with Crippen LogP contribution in [0.4, 0.5) is 8.78 Å². The zero-order valence-corrected chi connectivity index (χ0v) is 7.98. The fourth-order valence-corrected chi connectivity index (χ4v) is 1.57. The highest BCUT2D eigenvalue weighted by Crippen LogP contribution is 2.26. The fourth-order valence-electron chi connectivity index (χ4n) is 1.14. The van der Waals surface area contributed by atoms with E-state index in [1.807, 2.05) is 0 Å². The number of pyridine rings is 1. The van der Waals surface area contributed by atoms with Crippen LogP contribution in [0.1, 0.15) is 0 Å². The minimum absolute atomic E-state index is 0.199. The maximum Gasteiger partial charge on any atom is 0.142 e. The van der Waals surface area contributed by atoms with Gasteiger partial charge >= 0.3 is 0 Å². The van der Waals surface area contributed by atoms with Gasteiger partial charge in [-0.1, -0.05) is 0 Å². The third-order valence-corrected chi connectivity index (χ3v) is 2.49. The van der Waals surface area contributed by atoms with Gasteiger partial charge in [0.05, 0.1) is 9.99 Å². The second-order valence-electron chi connectivity index (χ2n) is 2.55. The Kier molecular flexibility index (Phi) is 2.00. The molecular formula is C9H4BrF2N. The van der Waals surface area contributed by atoms with Crippen LogP contribution in [0.2, 0.25) is 0 Å². The van der Waals surface area contributed by atoms with E-state index in [9.17, 15) is 8.78 Å². The summed E-state index contributed by atoms with van der Waals surface area (Å²) < 4.78 is 26.3. The number of aromatic nitrogens is 1. The van der Waals surface area contributed by atoms with Gasteiger partial charge in [-0.25, -0.2) is 8.78 Å². The van der Waals surface area contributed by atoms with Crippen molar-refractivity contribution < 1.29 is 8.78 Å². The molecule has 0 amide bonds. The zero-order chi connectivity index (χ0) is 9.42. The number of hydrogen-bond acceptors (Lipinski definition) is 1. The van der Waals surface area contributed by atoms with Crippen molar-refractivity contribution in [2.75, 3.05) is 0 Å². The number of hydrogen-bond donors (Lipinski definition) is 0. The molecular weight excluding hydrogens is 240 g/mol. The summed E-state index contributed by atoms with van der Waals surface area (Å²) in [7, 11) is 0. The molecule has 0 unspecified atom stereocenters. The van der Waals surface area contributed by atoms with E-state index in [0.29, 0.717) is 10.9 Å². The Hall–Kier alpha value is -1.03. The first-order valence-electron chi connectivity index (χ1n) is 3.58. The maximum absolute atomic E-state index is 13.1. The third kappa shape index (κ3) is 1.31. The van der Waals surface area contributed by atoms with Gasteiger partial charge in [-0.15, -0.1) is 0 Å². The first-order valence-corrected chi connectivity index (χ1v) is 4.37. The second kappa shape index (κ2) is 3.03. The van der Waals surface area contributed by atoms with E-state index in [-0.39, 0.29) is 4.47 Å². The molecule has 1 aromatic heterocycles. The first-order chi connectivity index (χ1) is 6.20. The highest BCUT2D eigenvalue weighted by Gasteiger charge is 2.09. The van der Waals surface area contributed by atoms with Crippen LogP contribution in [0.15, 0.2) is 28.9 Å². The lowest BCUT2D eigenvalue weighted by atomic mass is 10.2. The summed E-state index contributed by atoms with van der Waals surface area (Å²) in [6.07, 6.45) is 1.49. The van der Waals surface area contributed by atoms with Crippen LogP contribution < -0.4 is 0 Å². The van der Waals surface area contributed by atoms with E-state index < -0.39 is 11.6 Å². The molecule has 1 aromatic carbocycles. The highest BCUT2D eigenvalue weighted by atomic mass is 79.9. The lowest BCUT2D eigenvalue weighted by molar-refractivity contribution is 0.587. The summed E-state index contributed by atoms with van der Waals surface area (Å²) in [5.41, 5.74) is 0.306. The highest BCUT2D eigenvalue weighted by molar-refractivity contribution is 9.10. The van der Waals surface area contributed by atoms with E-state index >= 15 is 0 Å². The van der Waals surface area contributed by atoms with Crippen molar-refractivity contribution in [3.05, 3.63) is 40.5 Å². The molecule has 0 aliphatic heterocycles. The SMILES string of the molecule is Fc1cc(F)c2cccnc2c1Br. The van der Waals surface area contributed by atoms with Gasteiger partial charge in [0.15, 0.2) is 0 Å². The van der Waals surface area contributed by atoms with Gasteiger partial charge in [-0.05, 0) is 28.1 Å². The monoisotopic (exact) mass is 243 g/mol. The molecule has 0 N–H and O–H groups in total. The van der Waals surface area contributed by atoms with Crippen molar-refractivity contribution in [2.45, 2.75) is 0 Å². The molecule has 2 aromatic rings. The Labute approximate surface area is 81.5 Å². The molecule has 1 heterocycles. The Morgan fingerprint density at radius 2 is 2.00 bits per heavy atom. The molecule has 0 atom stereocenters. The van der Waals surface area contributed by atoms with Crippen LogP contribution in [-0.2, 0) is 0 Å². The first kappa shape index (κ1) is 8.56. The standard InChI is InChI=1S/C9H4BrF2N/c10-8-7(12)4-6(11)5-2-1-3-13-9(5)8/h1-4H. The quantitative estimate of drug-likeness (QED) is 0.648. The van der Waals surface area contributed by atoms with E-state index in [0.717, 1.165) is 6.07 Å². The molecule has 0 aliphatic carbocycles. The average Bonchev–Trinajstić information content (AvgIpc) is 2.15. The van der Waals surface area contributed by atoms with Gasteiger partial charge in [-0.3, -0.25) is 4.98 Å². The lowest BCUT2D eigenvalue weighted by Crippen LogP contribution is -1.88. The zero-order valence-electron chi connectivity index (χ0n) is 6.39. The van der Waals surface area contributed by atoms with Gasteiger partial charge in [0.25, 0.3) is 0 Å². The number of nitrogens with zero attached hydrogens (tertiary/aromatic N) is 1. The van der Waals surface area contributed by atoms with Crippen LogP contribution in [-0.4, -0.2) is 4.98 Å². The van der Waals surface area contributed by atoms with E-state index in [2.05, 4.69) is 20.9 Å². The summed E-state index contributed by atoms with van der Waals surface area (Å²) in [5.74, 6) is -1.23. The van der Waals surface area contributed by atoms with Crippen LogP contribution >= 0.6 is 15.9 Å². The molecule has 0 bridgehead atoms. The molecule has 13 heavy (non-hydrogen) atoms. The van der Waals surface area contributed by atoms with Gasteiger partial charge in [0.2, 0.25) is 0 Å². The number of rotatable bonds is 0. The van der Waals surface area contributed by atoms with Crippen molar-refractivity contribution in [2.24, 2.45) is 0 Å². The number of benzene rings is 1. The van der Waals surface area contributed by atoms with Crippen LogP contribution in [0.3, 0.4) is 0 Å². The van der Waals surface area contributed by atoms with Crippen molar-refractivity contribution in [1.82, 2.24) is 4.98 Å². The molecule has 0 aliphatic rings. The molecule has 0 spiro atoms. The Bertz CT molecular complexity index is 470. The van der Waals surface area contributed by atoms with Gasteiger partial charge in [-0.2, -0.15) is 0 Å². The fraction of sp³-hybridized carbons (Fsp3) is 0. The molecule has 0 fully saturated rings. The summed E-state index contributed by atoms with van der Waals surface area (Å²) in [5, 5.41) is 0.316. The van der Waals surface area contributed by atoms with Crippen molar-refractivity contribution >= 4 is 26.8 Å². The summed E-state index contributed by atoms with van der Waals surface area (Å²) in [6, 6.07) is 4.01. The molecule has 0 saturated carbocycles. The molecule has 0 radical (unpaired) electrons. The second-order valence-corrected chi connectivity index (χ2v) is 3.35. The number of halogens is 3. The smallest absolute Gasteiger partial charge is 0.142 e. The van der Waals surface area contributed by atoms with Crippen LogP contribution in [0, 0.1) is 11.6 Å². The Balaban J connectivity index is 2.97.